The highest BCUT2D eigenvalue weighted by atomic mass is 35.5. The largest absolute Gasteiger partial charge is 0.408 e. The molecule has 0 saturated carbocycles. The summed E-state index contributed by atoms with van der Waals surface area (Å²) in [6, 6.07) is 0. The van der Waals surface area contributed by atoms with Gasteiger partial charge in [-0.3, -0.25) is 9.48 Å². The Bertz CT molecular complexity index is 320. The summed E-state index contributed by atoms with van der Waals surface area (Å²) < 4.78 is 35.9. The summed E-state index contributed by atoms with van der Waals surface area (Å²) in [5, 5.41) is 2.49. The quantitative estimate of drug-likeness (QED) is 0.701. The van der Waals surface area contributed by atoms with Crippen molar-refractivity contribution in [3.05, 3.63) is 18.0 Å². The lowest BCUT2D eigenvalue weighted by Crippen LogP contribution is -2.17. The maximum absolute atomic E-state index is 11.8. The van der Waals surface area contributed by atoms with Crippen LogP contribution in [-0.2, 0) is 6.54 Å². The Morgan fingerprint density at radius 2 is 2.23 bits per heavy atom. The first-order valence-corrected chi connectivity index (χ1v) is 3.55. The number of halogens is 4. The van der Waals surface area contributed by atoms with Crippen molar-refractivity contribution < 1.29 is 18.0 Å². The minimum atomic E-state index is -4.35. The Morgan fingerprint density at radius 1 is 1.62 bits per heavy atom. The molecule has 1 heterocycles. The van der Waals surface area contributed by atoms with Gasteiger partial charge in [0.25, 0.3) is 5.24 Å². The average molecular weight is 213 g/mol. The Balaban J connectivity index is 2.75. The maximum Gasteiger partial charge on any atom is 0.408 e. The van der Waals surface area contributed by atoms with Crippen LogP contribution in [0.2, 0.25) is 0 Å². The van der Waals surface area contributed by atoms with Gasteiger partial charge in [0, 0.05) is 6.20 Å². The lowest BCUT2D eigenvalue weighted by molar-refractivity contribution is -0.142. The first-order chi connectivity index (χ1) is 5.88. The first-order valence-electron chi connectivity index (χ1n) is 3.17. The molecule has 7 heteroatoms. The smallest absolute Gasteiger partial charge is 0.275 e. The fraction of sp³-hybridized carbons (Fsp3) is 0.333. The summed E-state index contributed by atoms with van der Waals surface area (Å²) in [6.45, 7) is -1.23. The maximum atomic E-state index is 11.8. The summed E-state index contributed by atoms with van der Waals surface area (Å²) in [7, 11) is 0. The van der Waals surface area contributed by atoms with Crippen LogP contribution in [0.1, 0.15) is 10.4 Å². The van der Waals surface area contributed by atoms with Gasteiger partial charge in [0.1, 0.15) is 6.54 Å². The molecule has 13 heavy (non-hydrogen) atoms. The van der Waals surface area contributed by atoms with Gasteiger partial charge in [0.2, 0.25) is 0 Å². The van der Waals surface area contributed by atoms with E-state index in [1.54, 1.807) is 0 Å². The van der Waals surface area contributed by atoms with Gasteiger partial charge >= 0.3 is 6.18 Å². The number of hydrogen-bond donors (Lipinski definition) is 0. The molecule has 0 aliphatic heterocycles. The Kier molecular flexibility index (Phi) is 2.60. The predicted octanol–water partition coefficient (Wildman–Crippen LogP) is 1.82. The molecule has 0 atom stereocenters. The van der Waals surface area contributed by atoms with Gasteiger partial charge in [-0.1, -0.05) is 0 Å². The lowest BCUT2D eigenvalue weighted by Gasteiger charge is -2.04. The van der Waals surface area contributed by atoms with Crippen molar-refractivity contribution in [2.24, 2.45) is 0 Å². The van der Waals surface area contributed by atoms with E-state index >= 15 is 0 Å². The Hall–Kier alpha value is -1.04. The minimum absolute atomic E-state index is 0.0501. The molecule has 0 aliphatic rings. The monoisotopic (exact) mass is 212 g/mol. The third-order valence-electron chi connectivity index (χ3n) is 1.20. The molecule has 72 valence electrons. The predicted molar refractivity (Wildman–Crippen MR) is 38.5 cm³/mol. The standard InChI is InChI=1S/C6H4ClF3N2O/c7-5(13)4-1-11-12(2-4)3-6(8,9)10/h1-2H,3H2. The van der Waals surface area contributed by atoms with Crippen molar-refractivity contribution in [1.29, 1.82) is 0 Å². The van der Waals surface area contributed by atoms with Gasteiger partial charge in [-0.15, -0.1) is 0 Å². The lowest BCUT2D eigenvalue weighted by atomic mass is 10.4. The van der Waals surface area contributed by atoms with E-state index in [2.05, 4.69) is 5.10 Å². The number of alkyl halides is 3. The number of aromatic nitrogens is 2. The third kappa shape index (κ3) is 3.06. The first kappa shape index (κ1) is 10.0. The molecule has 1 aromatic heterocycles. The van der Waals surface area contributed by atoms with Gasteiger partial charge in [0.05, 0.1) is 11.8 Å². The van der Waals surface area contributed by atoms with Gasteiger partial charge in [-0.25, -0.2) is 0 Å². The van der Waals surface area contributed by atoms with Crippen LogP contribution in [0.25, 0.3) is 0 Å². The van der Waals surface area contributed by atoms with Crippen LogP contribution < -0.4 is 0 Å². The molecule has 1 rings (SSSR count). The van der Waals surface area contributed by atoms with Crippen molar-refractivity contribution in [2.45, 2.75) is 12.7 Å². The number of nitrogens with zero attached hydrogens (tertiary/aromatic N) is 2. The molecule has 0 fully saturated rings. The zero-order chi connectivity index (χ0) is 10.1. The van der Waals surface area contributed by atoms with Crippen LogP contribution in [0.5, 0.6) is 0 Å². The van der Waals surface area contributed by atoms with Gasteiger partial charge in [-0.05, 0) is 11.6 Å². The number of hydrogen-bond acceptors (Lipinski definition) is 2. The highest BCUT2D eigenvalue weighted by Crippen LogP contribution is 2.17. The normalized spacial score (nSPS) is 11.7. The summed E-state index contributed by atoms with van der Waals surface area (Å²) >= 11 is 5.01. The van der Waals surface area contributed by atoms with Gasteiger partial charge in [-0.2, -0.15) is 18.3 Å². The molecule has 0 aliphatic carbocycles. The minimum Gasteiger partial charge on any atom is -0.275 e. The zero-order valence-electron chi connectivity index (χ0n) is 6.18. The van der Waals surface area contributed by atoms with Crippen molar-refractivity contribution >= 4 is 16.8 Å². The van der Waals surface area contributed by atoms with Crippen LogP contribution >= 0.6 is 11.6 Å². The van der Waals surface area contributed by atoms with E-state index < -0.39 is 18.0 Å². The highest BCUT2D eigenvalue weighted by molar-refractivity contribution is 6.67. The third-order valence-corrected chi connectivity index (χ3v) is 1.42. The van der Waals surface area contributed by atoms with E-state index in [1.807, 2.05) is 0 Å². The van der Waals surface area contributed by atoms with E-state index in [0.29, 0.717) is 4.68 Å². The van der Waals surface area contributed by atoms with Crippen molar-refractivity contribution in [3.8, 4) is 0 Å². The van der Waals surface area contributed by atoms with Crippen LogP contribution in [-0.4, -0.2) is 21.2 Å². The molecule has 0 spiro atoms. The van der Waals surface area contributed by atoms with Crippen molar-refractivity contribution in [1.82, 2.24) is 9.78 Å². The van der Waals surface area contributed by atoms with E-state index in [0.717, 1.165) is 12.4 Å². The van der Waals surface area contributed by atoms with Crippen LogP contribution in [0, 0.1) is 0 Å². The summed E-state index contributed by atoms with van der Waals surface area (Å²) in [6.07, 6.45) is -2.41. The highest BCUT2D eigenvalue weighted by Gasteiger charge is 2.28. The van der Waals surface area contributed by atoms with Crippen LogP contribution in [0.3, 0.4) is 0 Å². The van der Waals surface area contributed by atoms with E-state index in [4.69, 9.17) is 11.6 Å². The molecule has 3 nitrogen and oxygen atoms in total. The van der Waals surface area contributed by atoms with Gasteiger partial charge < -0.3 is 0 Å². The molecule has 0 saturated heterocycles. The molecule has 0 amide bonds. The molecule has 0 bridgehead atoms. The second-order valence-electron chi connectivity index (χ2n) is 2.32. The molecular weight excluding hydrogens is 209 g/mol. The SMILES string of the molecule is O=C(Cl)c1cnn(CC(F)(F)F)c1. The molecule has 0 radical (unpaired) electrons. The van der Waals surface area contributed by atoms with Gasteiger partial charge in [0.15, 0.2) is 0 Å². The second-order valence-corrected chi connectivity index (χ2v) is 2.66. The number of rotatable bonds is 2. The summed E-state index contributed by atoms with van der Waals surface area (Å²) in [5.41, 5.74) is -0.0501. The Labute approximate surface area is 76.1 Å². The summed E-state index contributed by atoms with van der Waals surface area (Å²) in [5.74, 6) is 0. The van der Waals surface area contributed by atoms with E-state index in [9.17, 15) is 18.0 Å². The topological polar surface area (TPSA) is 34.9 Å². The molecular formula is C6H4ClF3N2O. The number of carbonyl (C=O) groups is 1. The summed E-state index contributed by atoms with van der Waals surface area (Å²) in [4.78, 5) is 10.5. The van der Waals surface area contributed by atoms with Crippen LogP contribution in [0.15, 0.2) is 12.4 Å². The second kappa shape index (κ2) is 3.37. The molecule has 0 unspecified atom stereocenters. The van der Waals surface area contributed by atoms with E-state index in [-0.39, 0.29) is 5.56 Å². The fourth-order valence-corrected chi connectivity index (χ4v) is 0.833. The Morgan fingerprint density at radius 3 is 2.62 bits per heavy atom. The fourth-order valence-electron chi connectivity index (χ4n) is 0.735. The molecule has 0 aromatic carbocycles. The number of carbonyl (C=O) groups excluding carboxylic acids is 1. The van der Waals surface area contributed by atoms with Crippen molar-refractivity contribution in [3.63, 3.8) is 0 Å². The molecule has 0 N–H and O–H groups in total. The van der Waals surface area contributed by atoms with Crippen molar-refractivity contribution in [2.75, 3.05) is 0 Å². The van der Waals surface area contributed by atoms with Crippen LogP contribution in [0.4, 0.5) is 13.2 Å². The molecule has 1 aromatic rings. The average Bonchev–Trinajstić information content (AvgIpc) is 2.31. The van der Waals surface area contributed by atoms with E-state index in [1.165, 1.54) is 0 Å². The zero-order valence-corrected chi connectivity index (χ0v) is 6.93.